The molecule has 0 amide bonds. The molecule has 3 heteroatoms. The van der Waals surface area contributed by atoms with Gasteiger partial charge in [-0.2, -0.15) is 0 Å². The van der Waals surface area contributed by atoms with Gasteiger partial charge in [0.05, 0.1) is 0 Å². The number of rotatable bonds is 3. The van der Waals surface area contributed by atoms with Crippen molar-refractivity contribution in [2.75, 3.05) is 0 Å². The van der Waals surface area contributed by atoms with Gasteiger partial charge in [0.15, 0.2) is 0 Å². The molecule has 0 heterocycles. The molecule has 2 N–H and O–H groups in total. The van der Waals surface area contributed by atoms with E-state index < -0.39 is 0 Å². The van der Waals surface area contributed by atoms with Gasteiger partial charge in [-0.1, -0.05) is 17.7 Å². The molecule has 0 saturated heterocycles. The second-order valence-electron chi connectivity index (χ2n) is 3.24. The fraction of sp³-hybridized carbons (Fsp3) is 0.333. The van der Waals surface area contributed by atoms with Crippen molar-refractivity contribution in [1.82, 2.24) is 0 Å². The minimum atomic E-state index is -0.348. The second-order valence-corrected chi connectivity index (χ2v) is 3.67. The van der Waals surface area contributed by atoms with Gasteiger partial charge in [-0.3, -0.25) is 0 Å². The first-order chi connectivity index (χ1) is 7.15. The fourth-order valence-electron chi connectivity index (χ4n) is 1.31. The van der Waals surface area contributed by atoms with E-state index in [1.807, 2.05) is 0 Å². The van der Waals surface area contributed by atoms with E-state index in [1.165, 1.54) is 6.07 Å². The molecule has 1 aromatic carbocycles. The van der Waals surface area contributed by atoms with Crippen LogP contribution < -0.4 is 5.73 Å². The highest BCUT2D eigenvalue weighted by Gasteiger charge is 2.10. The van der Waals surface area contributed by atoms with E-state index in [9.17, 15) is 4.39 Å². The lowest BCUT2D eigenvalue weighted by Gasteiger charge is -2.11. The molecule has 0 bridgehead atoms. The van der Waals surface area contributed by atoms with E-state index in [1.54, 1.807) is 19.1 Å². The predicted octanol–water partition coefficient (Wildman–Crippen LogP) is 3.28. The summed E-state index contributed by atoms with van der Waals surface area (Å²) in [5.74, 6) is 5.33. The summed E-state index contributed by atoms with van der Waals surface area (Å²) in [6.45, 7) is 1.77. The van der Waals surface area contributed by atoms with Crippen LogP contribution in [-0.2, 0) is 0 Å². The average Bonchev–Trinajstić information content (AvgIpc) is 2.17. The number of hydrogen-bond acceptors (Lipinski definition) is 1. The van der Waals surface area contributed by atoms with Gasteiger partial charge in [-0.15, -0.1) is 11.8 Å². The minimum Gasteiger partial charge on any atom is -0.324 e. The summed E-state index contributed by atoms with van der Waals surface area (Å²) in [6, 6.07) is 4.23. The highest BCUT2D eigenvalue weighted by atomic mass is 35.5. The Morgan fingerprint density at radius 1 is 1.53 bits per heavy atom. The zero-order chi connectivity index (χ0) is 11.3. The first kappa shape index (κ1) is 12.0. The molecule has 0 aliphatic rings. The number of benzene rings is 1. The molecule has 1 nitrogen and oxygen atoms in total. The monoisotopic (exact) mass is 225 g/mol. The Labute approximate surface area is 94.4 Å². The topological polar surface area (TPSA) is 26.0 Å². The van der Waals surface area contributed by atoms with Gasteiger partial charge in [0.25, 0.3) is 0 Å². The molecule has 1 rings (SSSR count). The van der Waals surface area contributed by atoms with E-state index in [2.05, 4.69) is 11.8 Å². The first-order valence-corrected chi connectivity index (χ1v) is 5.13. The van der Waals surface area contributed by atoms with Crippen molar-refractivity contribution in [2.24, 2.45) is 5.73 Å². The fourth-order valence-corrected chi connectivity index (χ4v) is 1.47. The zero-order valence-corrected chi connectivity index (χ0v) is 9.31. The standard InChI is InChI=1S/C12H13ClFN/c1-2-3-4-5-12(15)10-7-6-9(13)8-11(10)14/h6-8,12H,4-5,15H2,1H3. The quantitative estimate of drug-likeness (QED) is 0.785. The van der Waals surface area contributed by atoms with Gasteiger partial charge < -0.3 is 5.73 Å². The van der Waals surface area contributed by atoms with E-state index in [4.69, 9.17) is 17.3 Å². The van der Waals surface area contributed by atoms with Crippen molar-refractivity contribution in [3.05, 3.63) is 34.6 Å². The maximum absolute atomic E-state index is 13.4. The van der Waals surface area contributed by atoms with Crippen LogP contribution in [0, 0.1) is 17.7 Å². The van der Waals surface area contributed by atoms with Crippen LogP contribution in [0.5, 0.6) is 0 Å². The average molecular weight is 226 g/mol. The third-order valence-electron chi connectivity index (χ3n) is 2.12. The summed E-state index contributed by atoms with van der Waals surface area (Å²) in [5, 5.41) is 0.386. The largest absolute Gasteiger partial charge is 0.324 e. The molecule has 0 aliphatic carbocycles. The molecule has 0 spiro atoms. The van der Waals surface area contributed by atoms with Gasteiger partial charge in [-0.25, -0.2) is 4.39 Å². The lowest BCUT2D eigenvalue weighted by atomic mass is 10.0. The van der Waals surface area contributed by atoms with Crippen LogP contribution in [0.15, 0.2) is 18.2 Å². The Morgan fingerprint density at radius 2 is 2.27 bits per heavy atom. The molecule has 0 radical (unpaired) electrons. The smallest absolute Gasteiger partial charge is 0.129 e. The summed E-state index contributed by atoms with van der Waals surface area (Å²) in [4.78, 5) is 0. The molecule has 15 heavy (non-hydrogen) atoms. The Kier molecular flexibility index (Phi) is 4.61. The highest BCUT2D eigenvalue weighted by Crippen LogP contribution is 2.21. The van der Waals surface area contributed by atoms with Crippen molar-refractivity contribution in [2.45, 2.75) is 25.8 Å². The molecule has 1 unspecified atom stereocenters. The Bertz CT molecular complexity index is 392. The summed E-state index contributed by atoms with van der Waals surface area (Å²) in [6.07, 6.45) is 1.33. The van der Waals surface area contributed by atoms with E-state index in [-0.39, 0.29) is 11.9 Å². The number of nitrogens with two attached hydrogens (primary N) is 1. The van der Waals surface area contributed by atoms with Crippen LogP contribution in [0.2, 0.25) is 5.02 Å². The van der Waals surface area contributed by atoms with Crippen molar-refractivity contribution in [3.63, 3.8) is 0 Å². The molecule has 1 aromatic rings. The van der Waals surface area contributed by atoms with Crippen LogP contribution >= 0.6 is 11.6 Å². The molecule has 80 valence electrons. The summed E-state index contributed by atoms with van der Waals surface area (Å²) < 4.78 is 13.4. The molecular weight excluding hydrogens is 213 g/mol. The van der Waals surface area contributed by atoms with Crippen LogP contribution in [0.3, 0.4) is 0 Å². The van der Waals surface area contributed by atoms with Crippen LogP contribution in [0.25, 0.3) is 0 Å². The van der Waals surface area contributed by atoms with E-state index in [0.29, 0.717) is 23.4 Å². The van der Waals surface area contributed by atoms with E-state index >= 15 is 0 Å². The third kappa shape index (κ3) is 3.54. The maximum atomic E-state index is 13.4. The molecular formula is C12H13ClFN. The normalized spacial score (nSPS) is 11.7. The van der Waals surface area contributed by atoms with Crippen molar-refractivity contribution < 1.29 is 4.39 Å². The van der Waals surface area contributed by atoms with Crippen molar-refractivity contribution in [3.8, 4) is 11.8 Å². The van der Waals surface area contributed by atoms with Crippen molar-refractivity contribution in [1.29, 1.82) is 0 Å². The van der Waals surface area contributed by atoms with Crippen molar-refractivity contribution >= 4 is 11.6 Å². The number of halogens is 2. The molecule has 0 fully saturated rings. The van der Waals surface area contributed by atoms with Crippen LogP contribution in [-0.4, -0.2) is 0 Å². The van der Waals surface area contributed by atoms with Crippen LogP contribution in [0.4, 0.5) is 4.39 Å². The SMILES string of the molecule is CC#CCCC(N)c1ccc(Cl)cc1F. The predicted molar refractivity (Wildman–Crippen MR) is 61.0 cm³/mol. The summed E-state index contributed by atoms with van der Waals surface area (Å²) in [7, 11) is 0. The lowest BCUT2D eigenvalue weighted by molar-refractivity contribution is 0.568. The lowest BCUT2D eigenvalue weighted by Crippen LogP contribution is -2.11. The van der Waals surface area contributed by atoms with E-state index in [0.717, 1.165) is 0 Å². The Balaban J connectivity index is 2.71. The molecule has 0 saturated carbocycles. The first-order valence-electron chi connectivity index (χ1n) is 4.75. The van der Waals surface area contributed by atoms with Gasteiger partial charge in [-0.05, 0) is 25.5 Å². The zero-order valence-electron chi connectivity index (χ0n) is 8.56. The Hall–Kier alpha value is -1.04. The maximum Gasteiger partial charge on any atom is 0.129 e. The van der Waals surface area contributed by atoms with Gasteiger partial charge in [0, 0.05) is 23.0 Å². The van der Waals surface area contributed by atoms with Gasteiger partial charge in [0.2, 0.25) is 0 Å². The van der Waals surface area contributed by atoms with Gasteiger partial charge >= 0.3 is 0 Å². The van der Waals surface area contributed by atoms with Crippen LogP contribution in [0.1, 0.15) is 31.4 Å². The second kappa shape index (κ2) is 5.75. The molecule has 1 atom stereocenters. The van der Waals surface area contributed by atoms with Gasteiger partial charge in [0.1, 0.15) is 5.82 Å². The minimum absolute atomic E-state index is 0.317. The molecule has 0 aliphatic heterocycles. The number of hydrogen-bond donors (Lipinski definition) is 1. The highest BCUT2D eigenvalue weighted by molar-refractivity contribution is 6.30. The Morgan fingerprint density at radius 3 is 2.87 bits per heavy atom. The molecule has 0 aromatic heterocycles. The third-order valence-corrected chi connectivity index (χ3v) is 2.35. The summed E-state index contributed by atoms with van der Waals surface area (Å²) in [5.41, 5.74) is 6.33. The summed E-state index contributed by atoms with van der Waals surface area (Å²) >= 11 is 5.65.